The highest BCUT2D eigenvalue weighted by Crippen LogP contribution is 2.47. The molecule has 0 saturated heterocycles. The molecule has 0 heterocycles. The SMILES string of the molecule is BC(C)(COC(C)(C)C(C)(C)CC(C)(C)C(C)C)C(C)CO. The van der Waals surface area contributed by atoms with Gasteiger partial charge in [0, 0.05) is 13.2 Å². The minimum atomic E-state index is -0.203. The van der Waals surface area contributed by atoms with E-state index in [9.17, 15) is 5.11 Å². The van der Waals surface area contributed by atoms with Gasteiger partial charge in [-0.3, -0.25) is 0 Å². The fourth-order valence-electron chi connectivity index (χ4n) is 2.51. The smallest absolute Gasteiger partial charge is 0.112 e. The third-order valence-electron chi connectivity index (χ3n) is 6.50. The molecule has 132 valence electrons. The summed E-state index contributed by atoms with van der Waals surface area (Å²) in [5.74, 6) is 0.881. The Hall–Kier alpha value is -0.0151. The molecule has 0 fully saturated rings. The van der Waals surface area contributed by atoms with Crippen molar-refractivity contribution in [1.29, 1.82) is 0 Å². The van der Waals surface area contributed by atoms with E-state index in [2.05, 4.69) is 77.1 Å². The molecule has 0 saturated carbocycles. The highest BCUT2D eigenvalue weighted by molar-refractivity contribution is 6.15. The summed E-state index contributed by atoms with van der Waals surface area (Å²) in [6.07, 6.45) is 1.13. The lowest BCUT2D eigenvalue weighted by molar-refractivity contribution is -0.125. The molecule has 2 nitrogen and oxygen atoms in total. The summed E-state index contributed by atoms with van der Waals surface area (Å²) in [7, 11) is 2.18. The average molecular weight is 312 g/mol. The monoisotopic (exact) mass is 312 g/mol. The first kappa shape index (κ1) is 22.0. The first-order chi connectivity index (χ1) is 9.59. The molecule has 0 aliphatic carbocycles. The maximum atomic E-state index is 9.42. The van der Waals surface area contributed by atoms with E-state index in [1.807, 2.05) is 0 Å². The maximum absolute atomic E-state index is 9.42. The molecule has 2 unspecified atom stereocenters. The van der Waals surface area contributed by atoms with Crippen LogP contribution in [0.25, 0.3) is 0 Å². The second kappa shape index (κ2) is 7.26. The van der Waals surface area contributed by atoms with Gasteiger partial charge in [-0.1, -0.05) is 55.4 Å². The summed E-state index contributed by atoms with van der Waals surface area (Å²) >= 11 is 0. The normalized spacial score (nSPS) is 18.4. The van der Waals surface area contributed by atoms with Crippen LogP contribution in [-0.2, 0) is 4.74 Å². The Morgan fingerprint density at radius 2 is 1.41 bits per heavy atom. The van der Waals surface area contributed by atoms with Crippen molar-refractivity contribution in [2.75, 3.05) is 13.2 Å². The molecule has 1 N–H and O–H groups in total. The van der Waals surface area contributed by atoms with Crippen molar-refractivity contribution in [2.45, 2.75) is 86.6 Å². The zero-order valence-corrected chi connectivity index (χ0v) is 17.1. The minimum Gasteiger partial charge on any atom is -0.396 e. The Morgan fingerprint density at radius 3 is 1.77 bits per heavy atom. The van der Waals surface area contributed by atoms with Gasteiger partial charge in [0.15, 0.2) is 0 Å². The zero-order chi connectivity index (χ0) is 18.0. The van der Waals surface area contributed by atoms with Crippen molar-refractivity contribution < 1.29 is 9.84 Å². The molecule has 0 aliphatic rings. The number of rotatable bonds is 9. The summed E-state index contributed by atoms with van der Waals surface area (Å²) in [4.78, 5) is 0. The molecule has 0 rings (SSSR count). The Labute approximate surface area is 140 Å². The van der Waals surface area contributed by atoms with Crippen molar-refractivity contribution in [3.8, 4) is 0 Å². The van der Waals surface area contributed by atoms with Gasteiger partial charge in [-0.05, 0) is 48.2 Å². The molecule has 0 aliphatic heterocycles. The second-order valence-corrected chi connectivity index (χ2v) is 10.1. The number of aliphatic hydroxyl groups is 1. The Balaban J connectivity index is 4.99. The summed E-state index contributed by atoms with van der Waals surface area (Å²) in [6.45, 7) is 23.5. The van der Waals surface area contributed by atoms with Crippen LogP contribution in [0, 0.1) is 22.7 Å². The van der Waals surface area contributed by atoms with Gasteiger partial charge in [-0.25, -0.2) is 0 Å². The quantitative estimate of drug-likeness (QED) is 0.643. The van der Waals surface area contributed by atoms with E-state index in [0.717, 1.165) is 6.42 Å². The molecule has 0 aromatic rings. The second-order valence-electron chi connectivity index (χ2n) is 10.1. The number of ether oxygens (including phenoxy) is 1. The highest BCUT2D eigenvalue weighted by atomic mass is 16.5. The van der Waals surface area contributed by atoms with E-state index < -0.39 is 0 Å². The maximum Gasteiger partial charge on any atom is 0.112 e. The first-order valence-electron chi connectivity index (χ1n) is 8.84. The third kappa shape index (κ3) is 5.56. The van der Waals surface area contributed by atoms with Crippen LogP contribution in [0.1, 0.15) is 75.7 Å². The van der Waals surface area contributed by atoms with Crippen LogP contribution >= 0.6 is 0 Å². The minimum absolute atomic E-state index is 0.0182. The lowest BCUT2D eigenvalue weighted by Gasteiger charge is -2.48. The molecular weight excluding hydrogens is 271 g/mol. The summed E-state index contributed by atoms with van der Waals surface area (Å²) in [5, 5.41) is 9.40. The van der Waals surface area contributed by atoms with Gasteiger partial charge in [0.2, 0.25) is 0 Å². The third-order valence-corrected chi connectivity index (χ3v) is 6.50. The van der Waals surface area contributed by atoms with Crippen LogP contribution in [0.15, 0.2) is 0 Å². The number of aliphatic hydroxyl groups excluding tert-OH is 1. The fourth-order valence-corrected chi connectivity index (χ4v) is 2.51. The highest BCUT2D eigenvalue weighted by Gasteiger charge is 2.43. The van der Waals surface area contributed by atoms with Gasteiger partial charge in [0.1, 0.15) is 7.85 Å². The molecule has 0 spiro atoms. The van der Waals surface area contributed by atoms with Crippen molar-refractivity contribution in [3.05, 3.63) is 0 Å². The van der Waals surface area contributed by atoms with E-state index in [1.54, 1.807) is 0 Å². The van der Waals surface area contributed by atoms with Crippen LogP contribution in [0.3, 0.4) is 0 Å². The molecule has 2 atom stereocenters. The van der Waals surface area contributed by atoms with Crippen molar-refractivity contribution >= 4 is 7.85 Å². The van der Waals surface area contributed by atoms with Crippen LogP contribution < -0.4 is 0 Å². The molecule has 0 aromatic heterocycles. The average Bonchev–Trinajstić information content (AvgIpc) is 2.34. The topological polar surface area (TPSA) is 29.5 Å². The van der Waals surface area contributed by atoms with Crippen LogP contribution in [0.5, 0.6) is 0 Å². The van der Waals surface area contributed by atoms with Crippen LogP contribution in [0.2, 0.25) is 5.31 Å². The van der Waals surface area contributed by atoms with Gasteiger partial charge in [0.05, 0.1) is 5.60 Å². The van der Waals surface area contributed by atoms with E-state index in [1.165, 1.54) is 0 Å². The van der Waals surface area contributed by atoms with E-state index in [4.69, 9.17) is 4.74 Å². The molecule has 22 heavy (non-hydrogen) atoms. The Kier molecular flexibility index (Phi) is 7.25. The lowest BCUT2D eigenvalue weighted by Crippen LogP contribution is -2.46. The van der Waals surface area contributed by atoms with E-state index >= 15 is 0 Å². The standard InChI is InChI=1S/C19H41BO2/c1-14(2)16(4,5)12-17(6,7)18(8,9)22-13-19(10,20)15(3)11-21/h14-15,21H,11-13,20H2,1-10H3. The predicted molar refractivity (Wildman–Crippen MR) is 100 cm³/mol. The van der Waals surface area contributed by atoms with Crippen molar-refractivity contribution in [1.82, 2.24) is 0 Å². The summed E-state index contributed by atoms with van der Waals surface area (Å²) in [6, 6.07) is 0. The Bertz CT molecular complexity index is 343. The van der Waals surface area contributed by atoms with Gasteiger partial charge < -0.3 is 9.84 Å². The van der Waals surface area contributed by atoms with E-state index in [-0.39, 0.29) is 34.3 Å². The summed E-state index contributed by atoms with van der Waals surface area (Å²) in [5.41, 5.74) is 0.170. The Morgan fingerprint density at radius 1 is 0.955 bits per heavy atom. The van der Waals surface area contributed by atoms with Gasteiger partial charge >= 0.3 is 0 Å². The lowest BCUT2D eigenvalue weighted by atomic mass is 9.62. The zero-order valence-electron chi connectivity index (χ0n) is 17.1. The number of hydrogen-bond donors (Lipinski definition) is 1. The molecule has 0 amide bonds. The fraction of sp³-hybridized carbons (Fsp3) is 1.00. The van der Waals surface area contributed by atoms with Gasteiger partial charge in [-0.2, -0.15) is 0 Å². The van der Waals surface area contributed by atoms with Crippen molar-refractivity contribution in [3.63, 3.8) is 0 Å². The summed E-state index contributed by atoms with van der Waals surface area (Å²) < 4.78 is 6.40. The predicted octanol–water partition coefficient (Wildman–Crippen LogP) is 4.32. The molecule has 0 radical (unpaired) electrons. The van der Waals surface area contributed by atoms with Crippen LogP contribution in [-0.4, -0.2) is 31.8 Å². The van der Waals surface area contributed by atoms with Crippen LogP contribution in [0.4, 0.5) is 0 Å². The molecular formula is C19H41BO2. The van der Waals surface area contributed by atoms with Gasteiger partial charge in [-0.15, -0.1) is 0 Å². The molecule has 0 aromatic carbocycles. The van der Waals surface area contributed by atoms with E-state index in [0.29, 0.717) is 12.5 Å². The number of hydrogen-bond acceptors (Lipinski definition) is 2. The molecule has 3 heteroatoms. The largest absolute Gasteiger partial charge is 0.396 e. The van der Waals surface area contributed by atoms with Gasteiger partial charge in [0.25, 0.3) is 0 Å². The first-order valence-corrected chi connectivity index (χ1v) is 8.84. The van der Waals surface area contributed by atoms with Crippen molar-refractivity contribution in [2.24, 2.45) is 22.7 Å². The molecule has 0 bridgehead atoms.